The van der Waals surface area contributed by atoms with Crippen LogP contribution in [0.2, 0.25) is 0 Å². The molecule has 1 heterocycles. The first kappa shape index (κ1) is 23.1. The van der Waals surface area contributed by atoms with Gasteiger partial charge < -0.3 is 19.7 Å². The number of benzene rings is 2. The number of amides is 1. The van der Waals surface area contributed by atoms with Crippen molar-refractivity contribution in [3.63, 3.8) is 0 Å². The van der Waals surface area contributed by atoms with Crippen LogP contribution in [-0.2, 0) is 14.3 Å². The predicted molar refractivity (Wildman–Crippen MR) is 120 cm³/mol. The second kappa shape index (κ2) is 10.6. The van der Waals surface area contributed by atoms with E-state index in [0.717, 1.165) is 0 Å². The van der Waals surface area contributed by atoms with Crippen molar-refractivity contribution in [2.75, 3.05) is 29.9 Å². The number of para-hydroxylation sites is 4. The first-order valence-corrected chi connectivity index (χ1v) is 10.6. The Kier molecular flexibility index (Phi) is 7.64. The van der Waals surface area contributed by atoms with Gasteiger partial charge in [-0.2, -0.15) is 0 Å². The maximum atomic E-state index is 12.6. The minimum absolute atomic E-state index is 0.0474. The average Bonchev–Trinajstić information content (AvgIpc) is 2.80. The quantitative estimate of drug-likeness (QED) is 0.377. The number of nitrogens with one attached hydrogen (secondary N) is 1. The zero-order valence-corrected chi connectivity index (χ0v) is 18.2. The monoisotopic (exact) mass is 441 g/mol. The number of ether oxygens (including phenoxy) is 2. The number of carbonyl (C=O) groups is 2. The minimum Gasteiger partial charge on any atom is -0.492 e. The van der Waals surface area contributed by atoms with Gasteiger partial charge in [-0.25, -0.2) is 0 Å². The summed E-state index contributed by atoms with van der Waals surface area (Å²) in [6, 6.07) is 13.6. The molecule has 1 N–H and O–H groups in total. The van der Waals surface area contributed by atoms with Crippen LogP contribution in [0.3, 0.4) is 0 Å². The molecule has 0 aliphatic carbocycles. The van der Waals surface area contributed by atoms with Gasteiger partial charge in [0.15, 0.2) is 6.10 Å². The third kappa shape index (κ3) is 5.54. The molecule has 1 saturated heterocycles. The zero-order valence-electron chi connectivity index (χ0n) is 18.2. The van der Waals surface area contributed by atoms with E-state index in [1.807, 2.05) is 11.8 Å². The van der Waals surface area contributed by atoms with Crippen LogP contribution in [0.1, 0.15) is 26.7 Å². The molecular formula is C23H27N3O6. The van der Waals surface area contributed by atoms with Crippen molar-refractivity contribution in [1.82, 2.24) is 0 Å². The molecule has 1 fully saturated rings. The van der Waals surface area contributed by atoms with Gasteiger partial charge in [0.05, 0.1) is 23.1 Å². The summed E-state index contributed by atoms with van der Waals surface area (Å²) in [6.07, 6.45) is 0.0177. The maximum absolute atomic E-state index is 12.6. The number of nitrogens with zero attached hydrogens (tertiary/aromatic N) is 2. The normalized spacial score (nSPS) is 15.0. The molecule has 9 nitrogen and oxygen atoms in total. The smallest absolute Gasteiger partial charge is 0.309 e. The number of hydrogen-bond acceptors (Lipinski definition) is 7. The van der Waals surface area contributed by atoms with Gasteiger partial charge in [0, 0.05) is 19.2 Å². The van der Waals surface area contributed by atoms with E-state index in [4.69, 9.17) is 9.47 Å². The molecule has 0 saturated carbocycles. The lowest BCUT2D eigenvalue weighted by Gasteiger charge is -2.32. The number of nitro groups is 1. The van der Waals surface area contributed by atoms with E-state index >= 15 is 0 Å². The van der Waals surface area contributed by atoms with Crippen LogP contribution in [0, 0.1) is 16.0 Å². The Morgan fingerprint density at radius 2 is 1.81 bits per heavy atom. The van der Waals surface area contributed by atoms with Crippen molar-refractivity contribution in [2.45, 2.75) is 32.8 Å². The van der Waals surface area contributed by atoms with E-state index in [0.29, 0.717) is 49.7 Å². The highest BCUT2D eigenvalue weighted by molar-refractivity contribution is 5.96. The molecular weight excluding hydrogens is 414 g/mol. The average molecular weight is 441 g/mol. The number of esters is 1. The van der Waals surface area contributed by atoms with Gasteiger partial charge >= 0.3 is 5.97 Å². The van der Waals surface area contributed by atoms with E-state index in [2.05, 4.69) is 5.32 Å². The standard InChI is InChI=1S/C23H27N3O6/c1-3-31-21-11-7-4-8-18(21)24-22(27)16(2)32-23(28)17-12-14-25(15-13-17)19-9-5-6-10-20(19)26(29)30/h4-11,16-17H,3,12-15H2,1-2H3,(H,24,27). The molecule has 2 aromatic rings. The van der Waals surface area contributed by atoms with Gasteiger partial charge in [0.2, 0.25) is 0 Å². The Labute approximate surface area is 186 Å². The molecule has 0 bridgehead atoms. The third-order valence-electron chi connectivity index (χ3n) is 5.35. The van der Waals surface area contributed by atoms with Crippen LogP contribution in [0.15, 0.2) is 48.5 Å². The molecule has 1 amide bonds. The Bertz CT molecular complexity index is 972. The zero-order chi connectivity index (χ0) is 23.1. The van der Waals surface area contributed by atoms with E-state index in [-0.39, 0.29) is 11.6 Å². The molecule has 1 unspecified atom stereocenters. The first-order chi connectivity index (χ1) is 15.4. The summed E-state index contributed by atoms with van der Waals surface area (Å²) in [5.41, 5.74) is 1.11. The number of anilines is 2. The predicted octanol–water partition coefficient (Wildman–Crippen LogP) is 3.78. The summed E-state index contributed by atoms with van der Waals surface area (Å²) in [4.78, 5) is 37.9. The fourth-order valence-electron chi connectivity index (χ4n) is 3.65. The van der Waals surface area contributed by atoms with Gasteiger partial charge in [-0.3, -0.25) is 19.7 Å². The highest BCUT2D eigenvalue weighted by atomic mass is 16.6. The first-order valence-electron chi connectivity index (χ1n) is 10.6. The third-order valence-corrected chi connectivity index (χ3v) is 5.35. The van der Waals surface area contributed by atoms with E-state index in [1.54, 1.807) is 42.5 Å². The molecule has 32 heavy (non-hydrogen) atoms. The van der Waals surface area contributed by atoms with Crippen LogP contribution < -0.4 is 15.0 Å². The second-order valence-corrected chi connectivity index (χ2v) is 7.50. The van der Waals surface area contributed by atoms with Crippen molar-refractivity contribution in [2.24, 2.45) is 5.92 Å². The van der Waals surface area contributed by atoms with E-state index in [9.17, 15) is 19.7 Å². The Morgan fingerprint density at radius 3 is 2.50 bits per heavy atom. The fraction of sp³-hybridized carbons (Fsp3) is 0.391. The number of rotatable bonds is 8. The summed E-state index contributed by atoms with van der Waals surface area (Å²) < 4.78 is 10.9. The lowest BCUT2D eigenvalue weighted by molar-refractivity contribution is -0.384. The molecule has 0 spiro atoms. The molecule has 170 valence electrons. The lowest BCUT2D eigenvalue weighted by Crippen LogP contribution is -2.39. The van der Waals surface area contributed by atoms with Crippen molar-refractivity contribution < 1.29 is 24.0 Å². The molecule has 3 rings (SSSR count). The van der Waals surface area contributed by atoms with E-state index in [1.165, 1.54) is 13.0 Å². The van der Waals surface area contributed by atoms with Crippen molar-refractivity contribution in [3.8, 4) is 5.75 Å². The Hall–Kier alpha value is -3.62. The highest BCUT2D eigenvalue weighted by Crippen LogP contribution is 2.31. The summed E-state index contributed by atoms with van der Waals surface area (Å²) in [7, 11) is 0. The van der Waals surface area contributed by atoms with Crippen molar-refractivity contribution >= 4 is 28.9 Å². The fourth-order valence-corrected chi connectivity index (χ4v) is 3.65. The van der Waals surface area contributed by atoms with Gasteiger partial charge in [0.25, 0.3) is 11.6 Å². The summed E-state index contributed by atoms with van der Waals surface area (Å²) in [5, 5.41) is 14.0. The van der Waals surface area contributed by atoms with Crippen molar-refractivity contribution in [1.29, 1.82) is 0 Å². The molecule has 0 radical (unpaired) electrons. The molecule has 1 atom stereocenters. The van der Waals surface area contributed by atoms with Crippen LogP contribution >= 0.6 is 0 Å². The van der Waals surface area contributed by atoms with E-state index < -0.39 is 22.9 Å². The van der Waals surface area contributed by atoms with Gasteiger partial charge in [-0.1, -0.05) is 24.3 Å². The largest absolute Gasteiger partial charge is 0.492 e. The number of nitro benzene ring substituents is 1. The second-order valence-electron chi connectivity index (χ2n) is 7.50. The van der Waals surface area contributed by atoms with Crippen LogP contribution in [0.4, 0.5) is 17.1 Å². The topological polar surface area (TPSA) is 111 Å². The Morgan fingerprint density at radius 1 is 1.16 bits per heavy atom. The number of carbonyl (C=O) groups excluding carboxylic acids is 2. The maximum Gasteiger partial charge on any atom is 0.309 e. The molecule has 2 aromatic carbocycles. The highest BCUT2D eigenvalue weighted by Gasteiger charge is 2.31. The van der Waals surface area contributed by atoms with Crippen LogP contribution in [0.25, 0.3) is 0 Å². The Balaban J connectivity index is 1.54. The SMILES string of the molecule is CCOc1ccccc1NC(=O)C(C)OC(=O)C1CCN(c2ccccc2[N+](=O)[O-])CC1. The number of piperidine rings is 1. The van der Waals surface area contributed by atoms with Crippen LogP contribution in [-0.4, -0.2) is 42.6 Å². The molecule has 0 aromatic heterocycles. The van der Waals surface area contributed by atoms with Gasteiger partial charge in [-0.15, -0.1) is 0 Å². The van der Waals surface area contributed by atoms with Gasteiger partial charge in [0.1, 0.15) is 11.4 Å². The number of hydrogen-bond donors (Lipinski definition) is 1. The molecule has 9 heteroatoms. The summed E-state index contributed by atoms with van der Waals surface area (Å²) in [6.45, 7) is 4.82. The van der Waals surface area contributed by atoms with Crippen molar-refractivity contribution in [3.05, 3.63) is 58.6 Å². The lowest BCUT2D eigenvalue weighted by atomic mass is 9.96. The van der Waals surface area contributed by atoms with Crippen LogP contribution in [0.5, 0.6) is 5.75 Å². The van der Waals surface area contributed by atoms with Gasteiger partial charge in [-0.05, 0) is 44.9 Å². The summed E-state index contributed by atoms with van der Waals surface area (Å²) in [5.74, 6) is -0.694. The minimum atomic E-state index is -0.967. The summed E-state index contributed by atoms with van der Waals surface area (Å²) >= 11 is 0. The molecule has 1 aliphatic rings. The molecule has 1 aliphatic heterocycles.